The molecule has 0 bridgehead atoms. The summed E-state index contributed by atoms with van der Waals surface area (Å²) in [6.07, 6.45) is 0. The number of amides is 1. The third-order valence-corrected chi connectivity index (χ3v) is 4.55. The molecule has 0 radical (unpaired) electrons. The van der Waals surface area contributed by atoms with Gasteiger partial charge in [0.2, 0.25) is 0 Å². The van der Waals surface area contributed by atoms with Crippen molar-refractivity contribution in [1.29, 1.82) is 0 Å². The Morgan fingerprint density at radius 2 is 1.88 bits per heavy atom. The molecule has 0 spiro atoms. The van der Waals surface area contributed by atoms with E-state index in [-0.39, 0.29) is 17.7 Å². The zero-order chi connectivity index (χ0) is 18.4. The highest BCUT2D eigenvalue weighted by Crippen LogP contribution is 2.27. The smallest absolute Gasteiger partial charge is 0.279 e. The van der Waals surface area contributed by atoms with Crippen molar-refractivity contribution in [3.63, 3.8) is 0 Å². The quantitative estimate of drug-likeness (QED) is 0.695. The summed E-state index contributed by atoms with van der Waals surface area (Å²) in [6.45, 7) is 3.86. The Hall–Kier alpha value is -2.18. The van der Waals surface area contributed by atoms with Crippen molar-refractivity contribution in [3.05, 3.63) is 58.1 Å². The number of quaternary nitrogens is 1. The molecule has 2 aromatic carbocycles. The van der Waals surface area contributed by atoms with Crippen LogP contribution in [0.2, 0.25) is 0 Å². The molecule has 5 nitrogen and oxygen atoms in total. The molecule has 25 heavy (non-hydrogen) atoms. The van der Waals surface area contributed by atoms with Crippen molar-refractivity contribution in [2.24, 2.45) is 0 Å². The number of hydrogen-bond donors (Lipinski definition) is 2. The summed E-state index contributed by atoms with van der Waals surface area (Å²) in [5.41, 5.74) is 2.41. The van der Waals surface area contributed by atoms with Gasteiger partial charge >= 0.3 is 0 Å². The standard InChI is InChI=1S/C19H21BrN2O3/c1-12(15-6-9-18(25-3)17(20)10-15)21-11-19(24)22-16-7-4-14(5-8-16)13(2)23/h4-10,12,21H,11H2,1-3H3,(H,22,24)/p+1/t12-/m1/s1. The first-order valence-corrected chi connectivity index (χ1v) is 8.77. The normalized spacial score (nSPS) is 11.7. The first kappa shape index (κ1) is 19.1. The minimum absolute atomic E-state index is 0.00527. The van der Waals surface area contributed by atoms with Crippen LogP contribution in [-0.2, 0) is 4.79 Å². The van der Waals surface area contributed by atoms with Gasteiger partial charge in [0.25, 0.3) is 5.91 Å². The molecule has 0 heterocycles. The lowest BCUT2D eigenvalue weighted by atomic mass is 10.1. The molecule has 2 rings (SSSR count). The minimum Gasteiger partial charge on any atom is -0.496 e. The SMILES string of the molecule is COc1ccc([C@@H](C)[NH2+]CC(=O)Nc2ccc(C(C)=O)cc2)cc1Br. The second-order valence-electron chi connectivity index (χ2n) is 5.80. The summed E-state index contributed by atoms with van der Waals surface area (Å²) in [7, 11) is 1.63. The van der Waals surface area contributed by atoms with Crippen LogP contribution in [0.25, 0.3) is 0 Å². The number of ether oxygens (including phenoxy) is 1. The fourth-order valence-electron chi connectivity index (χ4n) is 2.39. The van der Waals surface area contributed by atoms with Crippen LogP contribution in [0.1, 0.15) is 35.8 Å². The maximum atomic E-state index is 12.1. The Kier molecular flexibility index (Phi) is 6.73. The van der Waals surface area contributed by atoms with Gasteiger partial charge in [-0.25, -0.2) is 0 Å². The predicted octanol–water partition coefficient (Wildman–Crippen LogP) is 2.92. The molecule has 0 aliphatic carbocycles. The molecule has 2 aromatic rings. The topological polar surface area (TPSA) is 72.0 Å². The molecule has 3 N–H and O–H groups in total. The molecule has 0 aliphatic heterocycles. The first-order chi connectivity index (χ1) is 11.9. The fourth-order valence-corrected chi connectivity index (χ4v) is 2.94. The summed E-state index contributed by atoms with van der Waals surface area (Å²) in [6, 6.07) is 12.9. The van der Waals surface area contributed by atoms with Crippen molar-refractivity contribution in [1.82, 2.24) is 0 Å². The molecule has 132 valence electrons. The van der Waals surface area contributed by atoms with Crippen LogP contribution in [-0.4, -0.2) is 25.3 Å². The van der Waals surface area contributed by atoms with Crippen molar-refractivity contribution in [2.75, 3.05) is 19.0 Å². The van der Waals surface area contributed by atoms with E-state index in [1.54, 1.807) is 31.4 Å². The highest BCUT2D eigenvalue weighted by atomic mass is 79.9. The average molecular weight is 406 g/mol. The molecule has 1 amide bonds. The molecule has 0 unspecified atom stereocenters. The lowest BCUT2D eigenvalue weighted by molar-refractivity contribution is -0.682. The Bertz CT molecular complexity index is 760. The van der Waals surface area contributed by atoms with Crippen LogP contribution in [0.15, 0.2) is 46.9 Å². The Morgan fingerprint density at radius 1 is 1.20 bits per heavy atom. The van der Waals surface area contributed by atoms with Gasteiger partial charge in [-0.2, -0.15) is 0 Å². The zero-order valence-electron chi connectivity index (χ0n) is 14.5. The number of carbonyl (C=O) groups excluding carboxylic acids is 2. The lowest BCUT2D eigenvalue weighted by Gasteiger charge is -2.13. The van der Waals surface area contributed by atoms with Gasteiger partial charge in [0.05, 0.1) is 11.6 Å². The average Bonchev–Trinajstić information content (AvgIpc) is 2.60. The van der Waals surface area contributed by atoms with Crippen LogP contribution in [0.5, 0.6) is 5.75 Å². The molecule has 0 aliphatic rings. The van der Waals surface area contributed by atoms with Gasteiger partial charge in [0.1, 0.15) is 11.8 Å². The fraction of sp³-hybridized carbons (Fsp3) is 0.263. The van der Waals surface area contributed by atoms with E-state index >= 15 is 0 Å². The number of benzene rings is 2. The van der Waals surface area contributed by atoms with Gasteiger partial charge in [-0.3, -0.25) is 9.59 Å². The second kappa shape index (κ2) is 8.78. The van der Waals surface area contributed by atoms with E-state index in [2.05, 4.69) is 21.2 Å². The van der Waals surface area contributed by atoms with Crippen molar-refractivity contribution >= 4 is 33.3 Å². The molecular formula is C19H22BrN2O3+. The third-order valence-electron chi connectivity index (χ3n) is 3.93. The predicted molar refractivity (Wildman–Crippen MR) is 101 cm³/mol. The summed E-state index contributed by atoms with van der Waals surface area (Å²) >= 11 is 3.47. The van der Waals surface area contributed by atoms with E-state index in [4.69, 9.17) is 4.74 Å². The number of halogens is 1. The Morgan fingerprint density at radius 3 is 2.44 bits per heavy atom. The number of nitrogens with one attached hydrogen (secondary N) is 1. The zero-order valence-corrected chi connectivity index (χ0v) is 16.1. The number of carbonyl (C=O) groups is 2. The van der Waals surface area contributed by atoms with Gasteiger partial charge in [-0.1, -0.05) is 0 Å². The highest BCUT2D eigenvalue weighted by molar-refractivity contribution is 9.10. The van der Waals surface area contributed by atoms with Crippen LogP contribution in [0.3, 0.4) is 0 Å². The number of nitrogens with two attached hydrogens (primary N) is 1. The molecular weight excluding hydrogens is 384 g/mol. The summed E-state index contributed by atoms with van der Waals surface area (Å²) < 4.78 is 6.12. The van der Waals surface area contributed by atoms with Crippen molar-refractivity contribution in [2.45, 2.75) is 19.9 Å². The molecule has 0 fully saturated rings. The van der Waals surface area contributed by atoms with Gasteiger partial charge in [0, 0.05) is 16.8 Å². The van der Waals surface area contributed by atoms with Crippen LogP contribution in [0.4, 0.5) is 5.69 Å². The maximum absolute atomic E-state index is 12.1. The van der Waals surface area contributed by atoms with E-state index in [0.29, 0.717) is 17.8 Å². The van der Waals surface area contributed by atoms with E-state index in [1.807, 2.05) is 30.4 Å². The minimum atomic E-state index is -0.0880. The summed E-state index contributed by atoms with van der Waals surface area (Å²) in [5, 5.41) is 4.80. The van der Waals surface area contributed by atoms with E-state index in [1.165, 1.54) is 6.92 Å². The van der Waals surface area contributed by atoms with Gasteiger partial charge in [-0.05, 0) is 72.2 Å². The van der Waals surface area contributed by atoms with Gasteiger partial charge in [-0.15, -0.1) is 0 Å². The van der Waals surface area contributed by atoms with Gasteiger partial charge in [0.15, 0.2) is 12.3 Å². The maximum Gasteiger partial charge on any atom is 0.279 e. The van der Waals surface area contributed by atoms with E-state index in [0.717, 1.165) is 15.8 Å². The van der Waals surface area contributed by atoms with E-state index < -0.39 is 0 Å². The van der Waals surface area contributed by atoms with Crippen LogP contribution in [0, 0.1) is 0 Å². The summed E-state index contributed by atoms with van der Waals surface area (Å²) in [4.78, 5) is 23.3. The third kappa shape index (κ3) is 5.41. The largest absolute Gasteiger partial charge is 0.496 e. The van der Waals surface area contributed by atoms with E-state index in [9.17, 15) is 9.59 Å². The van der Waals surface area contributed by atoms with Crippen molar-refractivity contribution < 1.29 is 19.6 Å². The molecule has 0 saturated carbocycles. The number of Topliss-reactive ketones (excluding diaryl/α,β-unsaturated/α-hetero) is 1. The number of rotatable bonds is 7. The van der Waals surface area contributed by atoms with Crippen LogP contribution >= 0.6 is 15.9 Å². The van der Waals surface area contributed by atoms with Crippen molar-refractivity contribution in [3.8, 4) is 5.75 Å². The molecule has 6 heteroatoms. The molecule has 1 atom stereocenters. The lowest BCUT2D eigenvalue weighted by Crippen LogP contribution is -2.86. The monoisotopic (exact) mass is 405 g/mol. The number of ketones is 1. The van der Waals surface area contributed by atoms with Crippen LogP contribution < -0.4 is 15.4 Å². The Labute approximate surface area is 155 Å². The molecule has 0 saturated heterocycles. The number of anilines is 1. The Balaban J connectivity index is 1.88. The number of hydrogen-bond acceptors (Lipinski definition) is 3. The second-order valence-corrected chi connectivity index (χ2v) is 6.66. The molecule has 0 aromatic heterocycles. The summed E-state index contributed by atoms with van der Waals surface area (Å²) in [5.74, 6) is 0.698. The van der Waals surface area contributed by atoms with Gasteiger partial charge < -0.3 is 15.4 Å². The first-order valence-electron chi connectivity index (χ1n) is 7.98. The highest BCUT2D eigenvalue weighted by Gasteiger charge is 2.13. The number of methoxy groups -OCH3 is 1.